The normalized spacial score (nSPS) is 16.2. The standard InChI is InChI=1S/C15H20/c1-13-7-9-15(10-8-13)12-11-14-5-3-2-4-6-14/h5,7-10H,2-4,6,11-12H2,1H3. The fraction of sp³-hybridized carbons (Fsp3) is 0.467. The lowest BCUT2D eigenvalue weighted by Crippen LogP contribution is -1.94. The number of benzene rings is 1. The minimum Gasteiger partial charge on any atom is -0.0853 e. The highest BCUT2D eigenvalue weighted by Gasteiger charge is 2.03. The maximum atomic E-state index is 2.46. The van der Waals surface area contributed by atoms with Crippen molar-refractivity contribution in [1.29, 1.82) is 0 Å². The van der Waals surface area contributed by atoms with Gasteiger partial charge in [0.2, 0.25) is 0 Å². The van der Waals surface area contributed by atoms with Gasteiger partial charge in [-0.15, -0.1) is 0 Å². The smallest absolute Gasteiger partial charge is 0.0241 e. The third-order valence-corrected chi connectivity index (χ3v) is 3.24. The zero-order chi connectivity index (χ0) is 10.5. The van der Waals surface area contributed by atoms with Crippen LogP contribution in [0.1, 0.15) is 43.2 Å². The fourth-order valence-electron chi connectivity index (χ4n) is 2.19. The Bertz CT molecular complexity index is 330. The van der Waals surface area contributed by atoms with Crippen molar-refractivity contribution >= 4 is 0 Å². The molecule has 0 radical (unpaired) electrons. The number of rotatable bonds is 3. The lowest BCUT2D eigenvalue weighted by atomic mass is 9.94. The first-order valence-electron chi connectivity index (χ1n) is 6.08. The Balaban J connectivity index is 1.87. The second-order valence-corrected chi connectivity index (χ2v) is 4.59. The highest BCUT2D eigenvalue weighted by molar-refractivity contribution is 5.22. The van der Waals surface area contributed by atoms with E-state index >= 15 is 0 Å². The third kappa shape index (κ3) is 3.23. The highest BCUT2D eigenvalue weighted by atomic mass is 14.1. The molecule has 0 spiro atoms. The molecule has 15 heavy (non-hydrogen) atoms. The Morgan fingerprint density at radius 3 is 2.47 bits per heavy atom. The summed E-state index contributed by atoms with van der Waals surface area (Å²) in [5, 5.41) is 0. The molecule has 1 aliphatic rings. The van der Waals surface area contributed by atoms with Crippen LogP contribution in [-0.4, -0.2) is 0 Å². The van der Waals surface area contributed by atoms with Crippen molar-refractivity contribution in [2.24, 2.45) is 0 Å². The molecule has 2 rings (SSSR count). The first kappa shape index (κ1) is 10.5. The first-order chi connectivity index (χ1) is 7.34. The largest absolute Gasteiger partial charge is 0.0853 e. The van der Waals surface area contributed by atoms with Crippen molar-refractivity contribution in [2.75, 3.05) is 0 Å². The average Bonchev–Trinajstić information content (AvgIpc) is 2.30. The molecule has 0 atom stereocenters. The molecule has 0 fully saturated rings. The SMILES string of the molecule is Cc1ccc(CCC2=CCCCC2)cc1. The maximum Gasteiger partial charge on any atom is -0.0241 e. The minimum absolute atomic E-state index is 1.21. The van der Waals surface area contributed by atoms with Crippen molar-refractivity contribution in [1.82, 2.24) is 0 Å². The van der Waals surface area contributed by atoms with Gasteiger partial charge in [-0.2, -0.15) is 0 Å². The first-order valence-corrected chi connectivity index (χ1v) is 6.08. The van der Waals surface area contributed by atoms with Crippen LogP contribution in [0.25, 0.3) is 0 Å². The predicted octanol–water partition coefficient (Wildman–Crippen LogP) is 4.43. The Morgan fingerprint density at radius 2 is 1.80 bits per heavy atom. The van der Waals surface area contributed by atoms with Crippen molar-refractivity contribution < 1.29 is 0 Å². The molecule has 0 heterocycles. The van der Waals surface area contributed by atoms with E-state index in [1.165, 1.54) is 49.7 Å². The van der Waals surface area contributed by atoms with Gasteiger partial charge in [0.1, 0.15) is 0 Å². The van der Waals surface area contributed by atoms with Crippen LogP contribution in [0.15, 0.2) is 35.9 Å². The summed E-state index contributed by atoms with van der Waals surface area (Å²) in [5.41, 5.74) is 4.52. The van der Waals surface area contributed by atoms with Gasteiger partial charge in [0.15, 0.2) is 0 Å². The molecule has 0 amide bonds. The molecule has 0 unspecified atom stereocenters. The summed E-state index contributed by atoms with van der Waals surface area (Å²) in [6.07, 6.45) is 10.4. The number of hydrogen-bond donors (Lipinski definition) is 0. The van der Waals surface area contributed by atoms with Crippen LogP contribution in [0.5, 0.6) is 0 Å². The highest BCUT2D eigenvalue weighted by Crippen LogP contribution is 2.21. The predicted molar refractivity (Wildman–Crippen MR) is 66.1 cm³/mol. The third-order valence-electron chi connectivity index (χ3n) is 3.24. The molecule has 0 saturated heterocycles. The number of aryl methyl sites for hydroxylation is 2. The molecule has 80 valence electrons. The van der Waals surface area contributed by atoms with Crippen LogP contribution in [0.4, 0.5) is 0 Å². The second kappa shape index (κ2) is 5.16. The van der Waals surface area contributed by atoms with Gasteiger partial charge < -0.3 is 0 Å². The van der Waals surface area contributed by atoms with Crippen LogP contribution < -0.4 is 0 Å². The van der Waals surface area contributed by atoms with E-state index in [1.807, 2.05) is 0 Å². The molecule has 0 aromatic heterocycles. The Morgan fingerprint density at radius 1 is 1.00 bits per heavy atom. The lowest BCUT2D eigenvalue weighted by Gasteiger charge is -2.12. The Hall–Kier alpha value is -1.04. The van der Waals surface area contributed by atoms with E-state index in [1.54, 1.807) is 5.57 Å². The van der Waals surface area contributed by atoms with Gasteiger partial charge in [-0.05, 0) is 51.0 Å². The quantitative estimate of drug-likeness (QED) is 0.633. The summed E-state index contributed by atoms with van der Waals surface area (Å²) in [5.74, 6) is 0. The van der Waals surface area contributed by atoms with Gasteiger partial charge in [-0.25, -0.2) is 0 Å². The van der Waals surface area contributed by atoms with Crippen molar-refractivity contribution in [3.8, 4) is 0 Å². The van der Waals surface area contributed by atoms with E-state index in [-0.39, 0.29) is 0 Å². The summed E-state index contributed by atoms with van der Waals surface area (Å²) >= 11 is 0. The van der Waals surface area contributed by atoms with E-state index in [0.29, 0.717) is 0 Å². The zero-order valence-electron chi connectivity index (χ0n) is 9.63. The molecular weight excluding hydrogens is 180 g/mol. The Labute approximate surface area is 93.0 Å². The molecule has 1 aromatic carbocycles. The van der Waals surface area contributed by atoms with Crippen LogP contribution in [0.3, 0.4) is 0 Å². The molecule has 0 N–H and O–H groups in total. The van der Waals surface area contributed by atoms with Crippen molar-refractivity contribution in [3.05, 3.63) is 47.0 Å². The fourth-order valence-corrected chi connectivity index (χ4v) is 2.19. The summed E-state index contributed by atoms with van der Waals surface area (Å²) in [7, 11) is 0. The summed E-state index contributed by atoms with van der Waals surface area (Å²) in [6, 6.07) is 8.95. The Kier molecular flexibility index (Phi) is 3.60. The van der Waals surface area contributed by atoms with Gasteiger partial charge >= 0.3 is 0 Å². The van der Waals surface area contributed by atoms with E-state index in [4.69, 9.17) is 0 Å². The molecule has 0 nitrogen and oxygen atoms in total. The van der Waals surface area contributed by atoms with Crippen LogP contribution in [0.2, 0.25) is 0 Å². The zero-order valence-corrected chi connectivity index (χ0v) is 9.63. The molecule has 0 aliphatic heterocycles. The molecule has 1 aliphatic carbocycles. The van der Waals surface area contributed by atoms with Crippen molar-refractivity contribution in [3.63, 3.8) is 0 Å². The summed E-state index contributed by atoms with van der Waals surface area (Å²) in [6.45, 7) is 2.15. The van der Waals surface area contributed by atoms with Crippen LogP contribution in [-0.2, 0) is 6.42 Å². The van der Waals surface area contributed by atoms with Gasteiger partial charge in [-0.3, -0.25) is 0 Å². The van der Waals surface area contributed by atoms with E-state index in [0.717, 1.165) is 0 Å². The topological polar surface area (TPSA) is 0 Å². The van der Waals surface area contributed by atoms with Gasteiger partial charge in [0.25, 0.3) is 0 Å². The molecular formula is C15H20. The molecule has 1 aromatic rings. The van der Waals surface area contributed by atoms with Gasteiger partial charge in [0, 0.05) is 0 Å². The average molecular weight is 200 g/mol. The molecule has 0 saturated carbocycles. The minimum atomic E-state index is 1.21. The molecule has 0 bridgehead atoms. The van der Waals surface area contributed by atoms with Crippen LogP contribution in [0, 0.1) is 6.92 Å². The van der Waals surface area contributed by atoms with Crippen LogP contribution >= 0.6 is 0 Å². The summed E-state index contributed by atoms with van der Waals surface area (Å²) < 4.78 is 0. The van der Waals surface area contributed by atoms with Crippen molar-refractivity contribution in [2.45, 2.75) is 45.4 Å². The van der Waals surface area contributed by atoms with Gasteiger partial charge in [0.05, 0.1) is 0 Å². The monoisotopic (exact) mass is 200 g/mol. The summed E-state index contributed by atoms with van der Waals surface area (Å²) in [4.78, 5) is 0. The van der Waals surface area contributed by atoms with E-state index < -0.39 is 0 Å². The van der Waals surface area contributed by atoms with Gasteiger partial charge in [-0.1, -0.05) is 41.5 Å². The van der Waals surface area contributed by atoms with E-state index in [2.05, 4.69) is 37.3 Å². The number of allylic oxidation sites excluding steroid dienone is 2. The second-order valence-electron chi connectivity index (χ2n) is 4.59. The lowest BCUT2D eigenvalue weighted by molar-refractivity contribution is 0.673. The maximum absolute atomic E-state index is 2.46. The molecule has 0 heteroatoms. The number of hydrogen-bond acceptors (Lipinski definition) is 0. The van der Waals surface area contributed by atoms with E-state index in [9.17, 15) is 0 Å².